The SMILES string of the molecule is CCC(c1cccc(C(=O)O)c1)N1CCC(n2c(C3CC3)nc3ccc(C(c4ccc(Cl)cc4)c4ccc(Cl)cc4)cc32)CC1. The maximum atomic E-state index is 11.6. The zero-order valence-corrected chi connectivity index (χ0v) is 26.9. The lowest BCUT2D eigenvalue weighted by molar-refractivity contribution is 0.0696. The molecule has 1 unspecified atom stereocenters. The fourth-order valence-corrected chi connectivity index (χ4v) is 7.50. The van der Waals surface area contributed by atoms with Crippen molar-refractivity contribution < 1.29 is 9.90 Å². The average molecular weight is 639 g/mol. The molecule has 1 aliphatic heterocycles. The molecule has 1 saturated carbocycles. The van der Waals surface area contributed by atoms with Gasteiger partial charge in [-0.05, 0) is 103 Å². The van der Waals surface area contributed by atoms with Gasteiger partial charge < -0.3 is 9.67 Å². The maximum Gasteiger partial charge on any atom is 0.335 e. The highest BCUT2D eigenvalue weighted by Gasteiger charge is 2.34. The molecule has 0 amide bonds. The first-order chi connectivity index (χ1) is 21.9. The zero-order valence-electron chi connectivity index (χ0n) is 25.4. The van der Waals surface area contributed by atoms with E-state index in [0.717, 1.165) is 53.5 Å². The van der Waals surface area contributed by atoms with Gasteiger partial charge in [-0.15, -0.1) is 0 Å². The van der Waals surface area contributed by atoms with Crippen molar-refractivity contribution in [2.45, 2.75) is 62.9 Å². The first-order valence-electron chi connectivity index (χ1n) is 16.0. The molecule has 2 aliphatic rings. The Balaban J connectivity index is 1.22. The van der Waals surface area contributed by atoms with Gasteiger partial charge in [0.1, 0.15) is 5.82 Å². The van der Waals surface area contributed by atoms with Crippen molar-refractivity contribution >= 4 is 40.2 Å². The number of piperidine rings is 1. The number of carbonyl (C=O) groups is 1. The van der Waals surface area contributed by atoms with E-state index in [1.54, 1.807) is 6.07 Å². The lowest BCUT2D eigenvalue weighted by Gasteiger charge is -2.38. The van der Waals surface area contributed by atoms with Gasteiger partial charge in [0.05, 0.1) is 16.6 Å². The minimum Gasteiger partial charge on any atom is -0.478 e. The van der Waals surface area contributed by atoms with Crippen LogP contribution in [0.1, 0.15) is 101 Å². The maximum absolute atomic E-state index is 11.6. The van der Waals surface area contributed by atoms with E-state index in [9.17, 15) is 9.90 Å². The van der Waals surface area contributed by atoms with E-state index >= 15 is 0 Å². The monoisotopic (exact) mass is 637 g/mol. The highest BCUT2D eigenvalue weighted by atomic mass is 35.5. The first-order valence-corrected chi connectivity index (χ1v) is 16.7. The standard InChI is InChI=1S/C38H37Cl2N3O2/c1-2-34(27-4-3-5-29(22-27)38(44)45)42-20-18-32(19-21-42)43-35-23-28(12-17-33(35)41-37(43)26-6-7-26)36(24-8-13-30(39)14-9-24)25-10-15-31(40)16-11-25/h3-5,8-17,22-23,26,32,34,36H,2,6-7,18-21H2,1H3,(H,44,45). The number of imidazole rings is 1. The van der Waals surface area contributed by atoms with Crippen molar-refractivity contribution in [2.24, 2.45) is 0 Å². The first kappa shape index (κ1) is 30.0. The molecule has 1 N–H and O–H groups in total. The number of hydrogen-bond acceptors (Lipinski definition) is 3. The van der Waals surface area contributed by atoms with Crippen LogP contribution >= 0.6 is 23.2 Å². The van der Waals surface area contributed by atoms with Gasteiger partial charge in [0.15, 0.2) is 0 Å². The van der Waals surface area contributed by atoms with Crippen LogP contribution in [0.3, 0.4) is 0 Å². The Bertz CT molecular complexity index is 1780. The summed E-state index contributed by atoms with van der Waals surface area (Å²) in [5.41, 5.74) is 7.29. The third kappa shape index (κ3) is 6.14. The fourth-order valence-electron chi connectivity index (χ4n) is 7.25. The normalized spacial score (nSPS) is 16.8. The number of halogens is 2. The highest BCUT2D eigenvalue weighted by Crippen LogP contribution is 2.44. The summed E-state index contributed by atoms with van der Waals surface area (Å²) in [5.74, 6) is 0.921. The van der Waals surface area contributed by atoms with E-state index in [2.05, 4.69) is 64.9 Å². The van der Waals surface area contributed by atoms with Gasteiger partial charge in [0, 0.05) is 47.1 Å². The van der Waals surface area contributed by atoms with Gasteiger partial charge in [-0.25, -0.2) is 9.78 Å². The van der Waals surface area contributed by atoms with E-state index in [0.29, 0.717) is 17.5 Å². The van der Waals surface area contributed by atoms with Gasteiger partial charge in [-0.3, -0.25) is 4.90 Å². The number of rotatable bonds is 9. The summed E-state index contributed by atoms with van der Waals surface area (Å²) in [5, 5.41) is 11.0. The molecule has 0 spiro atoms. The summed E-state index contributed by atoms with van der Waals surface area (Å²) in [4.78, 5) is 19.4. The Morgan fingerprint density at radius 2 is 1.44 bits per heavy atom. The number of carboxylic acid groups (broad SMARTS) is 1. The number of fused-ring (bicyclic) bond motifs is 1. The Morgan fingerprint density at radius 3 is 2.02 bits per heavy atom. The van der Waals surface area contributed by atoms with E-state index in [1.807, 2.05) is 36.4 Å². The number of benzene rings is 4. The Morgan fingerprint density at radius 1 is 0.822 bits per heavy atom. The second kappa shape index (κ2) is 12.6. The molecular weight excluding hydrogens is 601 g/mol. The largest absolute Gasteiger partial charge is 0.478 e. The van der Waals surface area contributed by atoms with Gasteiger partial charge in [0.25, 0.3) is 0 Å². The van der Waals surface area contributed by atoms with Gasteiger partial charge in [0.2, 0.25) is 0 Å². The summed E-state index contributed by atoms with van der Waals surface area (Å²) in [6.07, 6.45) is 5.40. The fraction of sp³-hybridized carbons (Fsp3) is 0.316. The summed E-state index contributed by atoms with van der Waals surface area (Å²) in [6, 6.07) is 31.1. The molecule has 1 atom stereocenters. The number of hydrogen-bond donors (Lipinski definition) is 1. The minimum atomic E-state index is -0.876. The lowest BCUT2D eigenvalue weighted by Crippen LogP contribution is -2.37. The van der Waals surface area contributed by atoms with Crippen molar-refractivity contribution in [1.82, 2.24) is 14.5 Å². The molecule has 1 saturated heterocycles. The molecule has 0 bridgehead atoms. The molecule has 4 aromatic carbocycles. The third-order valence-corrected chi connectivity index (χ3v) is 10.1. The van der Waals surface area contributed by atoms with Crippen molar-refractivity contribution in [3.63, 3.8) is 0 Å². The van der Waals surface area contributed by atoms with Crippen LogP contribution in [-0.2, 0) is 0 Å². The molecule has 7 rings (SSSR count). The molecule has 5 nitrogen and oxygen atoms in total. The van der Waals surface area contributed by atoms with Crippen LogP contribution in [-0.4, -0.2) is 38.6 Å². The molecule has 0 radical (unpaired) electrons. The van der Waals surface area contributed by atoms with E-state index in [1.165, 1.54) is 40.9 Å². The molecule has 230 valence electrons. The number of aromatic carboxylic acids is 1. The summed E-state index contributed by atoms with van der Waals surface area (Å²) < 4.78 is 2.57. The van der Waals surface area contributed by atoms with Crippen LogP contribution in [0.15, 0.2) is 91.0 Å². The van der Waals surface area contributed by atoms with Crippen molar-refractivity contribution in [3.8, 4) is 0 Å². The molecular formula is C38H37Cl2N3O2. The lowest BCUT2D eigenvalue weighted by atomic mass is 9.85. The minimum absolute atomic E-state index is 0.0328. The van der Waals surface area contributed by atoms with Gasteiger partial charge in [-0.1, -0.05) is 72.6 Å². The highest BCUT2D eigenvalue weighted by molar-refractivity contribution is 6.30. The number of nitrogens with zero attached hydrogens (tertiary/aromatic N) is 3. The zero-order chi connectivity index (χ0) is 31.1. The topological polar surface area (TPSA) is 58.4 Å². The number of likely N-dealkylation sites (tertiary alicyclic amines) is 1. The smallest absolute Gasteiger partial charge is 0.335 e. The Labute approximate surface area is 274 Å². The average Bonchev–Trinajstić information content (AvgIpc) is 3.84. The molecule has 2 heterocycles. The van der Waals surface area contributed by atoms with Crippen molar-refractivity contribution in [2.75, 3.05) is 13.1 Å². The van der Waals surface area contributed by atoms with Crippen molar-refractivity contribution in [1.29, 1.82) is 0 Å². The van der Waals surface area contributed by atoms with E-state index in [4.69, 9.17) is 28.2 Å². The Kier molecular flexibility index (Phi) is 8.43. The quantitative estimate of drug-likeness (QED) is 0.163. The Hall–Kier alpha value is -3.64. The van der Waals surface area contributed by atoms with Crippen molar-refractivity contribution in [3.05, 3.63) is 135 Å². The van der Waals surface area contributed by atoms with Crippen LogP contribution in [0.2, 0.25) is 10.0 Å². The predicted molar refractivity (Wildman–Crippen MR) is 182 cm³/mol. The third-order valence-electron chi connectivity index (χ3n) is 9.63. The van der Waals surface area contributed by atoms with E-state index < -0.39 is 5.97 Å². The molecule has 2 fully saturated rings. The van der Waals surface area contributed by atoms with Crippen LogP contribution in [0.5, 0.6) is 0 Å². The summed E-state index contributed by atoms with van der Waals surface area (Å²) in [7, 11) is 0. The molecule has 45 heavy (non-hydrogen) atoms. The molecule has 1 aromatic heterocycles. The number of carboxylic acids is 1. The molecule has 5 aromatic rings. The summed E-state index contributed by atoms with van der Waals surface area (Å²) >= 11 is 12.6. The summed E-state index contributed by atoms with van der Waals surface area (Å²) in [6.45, 7) is 4.11. The van der Waals surface area contributed by atoms with Crippen LogP contribution in [0.4, 0.5) is 0 Å². The van der Waals surface area contributed by atoms with Crippen LogP contribution < -0.4 is 0 Å². The van der Waals surface area contributed by atoms with E-state index in [-0.39, 0.29) is 12.0 Å². The molecule has 7 heteroatoms. The van der Waals surface area contributed by atoms with Crippen LogP contribution in [0, 0.1) is 0 Å². The van der Waals surface area contributed by atoms with Gasteiger partial charge >= 0.3 is 5.97 Å². The predicted octanol–water partition coefficient (Wildman–Crippen LogP) is 9.89. The second-order valence-electron chi connectivity index (χ2n) is 12.5. The van der Waals surface area contributed by atoms with Gasteiger partial charge in [-0.2, -0.15) is 0 Å². The second-order valence-corrected chi connectivity index (χ2v) is 13.4. The molecule has 1 aliphatic carbocycles. The van der Waals surface area contributed by atoms with Crippen LogP contribution in [0.25, 0.3) is 11.0 Å². The number of aromatic nitrogens is 2.